The van der Waals surface area contributed by atoms with Crippen molar-refractivity contribution in [3.8, 4) is 0 Å². The van der Waals surface area contributed by atoms with Gasteiger partial charge in [-0.1, -0.05) is 20.3 Å². The number of aromatic nitrogens is 3. The smallest absolute Gasteiger partial charge is 0.184 e. The van der Waals surface area contributed by atoms with E-state index < -0.39 is 0 Å². The molecule has 0 aliphatic carbocycles. The quantitative estimate of drug-likeness (QED) is 0.705. The molecule has 1 rings (SSSR count). The van der Waals surface area contributed by atoms with Crippen LogP contribution in [0.3, 0.4) is 0 Å². The van der Waals surface area contributed by atoms with Crippen molar-refractivity contribution < 1.29 is 4.79 Å². The van der Waals surface area contributed by atoms with E-state index in [0.717, 1.165) is 12.8 Å². The normalized spacial score (nSPS) is 10.7. The second kappa shape index (κ2) is 4.74. The summed E-state index contributed by atoms with van der Waals surface area (Å²) in [4.78, 5) is 11.4. The maximum atomic E-state index is 11.4. The Balaban J connectivity index is 2.27. The van der Waals surface area contributed by atoms with E-state index in [-0.39, 0.29) is 5.78 Å². The first-order chi connectivity index (χ1) is 6.20. The molecule has 0 atom stereocenters. The lowest BCUT2D eigenvalue weighted by Gasteiger charge is -2.01. The highest BCUT2D eigenvalue weighted by Gasteiger charge is 2.08. The number of nitrogens with zero attached hydrogens (tertiary/aromatic N) is 2. The maximum absolute atomic E-state index is 11.4. The molecule has 0 aromatic carbocycles. The van der Waals surface area contributed by atoms with Crippen LogP contribution in [-0.4, -0.2) is 21.2 Å². The predicted molar refractivity (Wildman–Crippen MR) is 49.4 cm³/mol. The number of carbonyl (C=O) groups is 1. The molecule has 1 aromatic rings. The van der Waals surface area contributed by atoms with E-state index in [4.69, 9.17) is 0 Å². The summed E-state index contributed by atoms with van der Waals surface area (Å²) in [5, 5.41) is 9.75. The molecule has 0 saturated carbocycles. The molecule has 0 aliphatic rings. The van der Waals surface area contributed by atoms with Crippen LogP contribution in [0.5, 0.6) is 0 Å². The van der Waals surface area contributed by atoms with Crippen molar-refractivity contribution >= 4 is 5.78 Å². The molecule has 0 saturated heterocycles. The van der Waals surface area contributed by atoms with E-state index in [2.05, 4.69) is 29.3 Å². The average molecular weight is 181 g/mol. The molecule has 0 fully saturated rings. The summed E-state index contributed by atoms with van der Waals surface area (Å²) in [5.74, 6) is 0.736. The van der Waals surface area contributed by atoms with E-state index in [0.29, 0.717) is 18.0 Å². The maximum Gasteiger partial charge on any atom is 0.184 e. The molecule has 1 N–H and O–H groups in total. The largest absolute Gasteiger partial charge is 0.292 e. The first-order valence-electron chi connectivity index (χ1n) is 4.59. The third kappa shape index (κ3) is 3.36. The summed E-state index contributed by atoms with van der Waals surface area (Å²) >= 11 is 0. The second-order valence-electron chi connectivity index (χ2n) is 3.56. The standard InChI is InChI=1S/C9H15N3O/c1-7(2)4-3-5-9(13)8-6-10-12-11-8/h6-7H,3-5H2,1-2H3,(H,10,11,12). The Hall–Kier alpha value is -1.19. The fourth-order valence-electron chi connectivity index (χ4n) is 1.13. The highest BCUT2D eigenvalue weighted by molar-refractivity contribution is 5.93. The molecule has 0 spiro atoms. The highest BCUT2D eigenvalue weighted by atomic mass is 16.1. The third-order valence-electron chi connectivity index (χ3n) is 1.89. The van der Waals surface area contributed by atoms with Crippen LogP contribution in [0.4, 0.5) is 0 Å². The van der Waals surface area contributed by atoms with Crippen molar-refractivity contribution in [1.82, 2.24) is 15.4 Å². The van der Waals surface area contributed by atoms with Crippen LogP contribution in [0.1, 0.15) is 43.6 Å². The first kappa shape index (κ1) is 9.89. The van der Waals surface area contributed by atoms with E-state index in [1.54, 1.807) is 0 Å². The summed E-state index contributed by atoms with van der Waals surface area (Å²) in [6.45, 7) is 4.31. The third-order valence-corrected chi connectivity index (χ3v) is 1.89. The molecular weight excluding hydrogens is 166 g/mol. The minimum absolute atomic E-state index is 0.0781. The number of Topliss-reactive ketones (excluding diaryl/α,β-unsaturated/α-hetero) is 1. The summed E-state index contributed by atoms with van der Waals surface area (Å²) in [6.07, 6.45) is 4.06. The number of hydrogen-bond donors (Lipinski definition) is 1. The Morgan fingerprint density at radius 3 is 2.92 bits per heavy atom. The zero-order valence-corrected chi connectivity index (χ0v) is 8.08. The van der Waals surface area contributed by atoms with Gasteiger partial charge < -0.3 is 0 Å². The van der Waals surface area contributed by atoms with Crippen LogP contribution in [0.15, 0.2) is 6.20 Å². The van der Waals surface area contributed by atoms with Crippen molar-refractivity contribution in [3.05, 3.63) is 11.9 Å². The SMILES string of the molecule is CC(C)CCCC(=O)c1cn[nH]n1. The van der Waals surface area contributed by atoms with Crippen LogP contribution in [0, 0.1) is 5.92 Å². The molecule has 0 unspecified atom stereocenters. The van der Waals surface area contributed by atoms with Gasteiger partial charge >= 0.3 is 0 Å². The second-order valence-corrected chi connectivity index (χ2v) is 3.56. The van der Waals surface area contributed by atoms with Gasteiger partial charge in [-0.15, -0.1) is 0 Å². The highest BCUT2D eigenvalue weighted by Crippen LogP contribution is 2.08. The lowest BCUT2D eigenvalue weighted by Crippen LogP contribution is -2.00. The van der Waals surface area contributed by atoms with Crippen molar-refractivity contribution in [3.63, 3.8) is 0 Å². The zero-order valence-electron chi connectivity index (χ0n) is 8.08. The van der Waals surface area contributed by atoms with E-state index in [1.807, 2.05) is 0 Å². The molecule has 0 radical (unpaired) electrons. The molecule has 0 bridgehead atoms. The predicted octanol–water partition coefficient (Wildman–Crippen LogP) is 1.81. The topological polar surface area (TPSA) is 58.6 Å². The summed E-state index contributed by atoms with van der Waals surface area (Å²) in [6, 6.07) is 0. The summed E-state index contributed by atoms with van der Waals surface area (Å²) in [7, 11) is 0. The van der Waals surface area contributed by atoms with E-state index >= 15 is 0 Å². The van der Waals surface area contributed by atoms with Gasteiger partial charge in [-0.05, 0) is 12.3 Å². The van der Waals surface area contributed by atoms with Gasteiger partial charge in [0.2, 0.25) is 0 Å². The lowest BCUT2D eigenvalue weighted by atomic mass is 10.0. The number of nitrogens with one attached hydrogen (secondary N) is 1. The van der Waals surface area contributed by atoms with E-state index in [9.17, 15) is 4.79 Å². The van der Waals surface area contributed by atoms with Gasteiger partial charge in [0, 0.05) is 6.42 Å². The van der Waals surface area contributed by atoms with Crippen molar-refractivity contribution in [2.75, 3.05) is 0 Å². The number of H-pyrrole nitrogens is 1. The molecule has 4 heteroatoms. The summed E-state index contributed by atoms with van der Waals surface area (Å²) < 4.78 is 0. The van der Waals surface area contributed by atoms with E-state index in [1.165, 1.54) is 6.20 Å². The Labute approximate surface area is 77.7 Å². The molecule has 0 aliphatic heterocycles. The van der Waals surface area contributed by atoms with Gasteiger partial charge in [-0.2, -0.15) is 15.4 Å². The first-order valence-corrected chi connectivity index (χ1v) is 4.59. The number of ketones is 1. The van der Waals surface area contributed by atoms with Crippen LogP contribution >= 0.6 is 0 Å². The number of rotatable bonds is 5. The Kier molecular flexibility index (Phi) is 3.61. The molecule has 72 valence electrons. The molecular formula is C9H15N3O. The molecule has 1 aromatic heterocycles. The van der Waals surface area contributed by atoms with Crippen LogP contribution < -0.4 is 0 Å². The van der Waals surface area contributed by atoms with Gasteiger partial charge in [-0.25, -0.2) is 0 Å². The van der Waals surface area contributed by atoms with Crippen LogP contribution in [0.25, 0.3) is 0 Å². The molecule has 4 nitrogen and oxygen atoms in total. The molecule has 0 amide bonds. The average Bonchev–Trinajstić information content (AvgIpc) is 2.55. The minimum atomic E-state index is 0.0781. The minimum Gasteiger partial charge on any atom is -0.292 e. The number of hydrogen-bond acceptors (Lipinski definition) is 3. The van der Waals surface area contributed by atoms with Gasteiger partial charge in [0.25, 0.3) is 0 Å². The van der Waals surface area contributed by atoms with Crippen molar-refractivity contribution in [2.45, 2.75) is 33.1 Å². The fourth-order valence-corrected chi connectivity index (χ4v) is 1.13. The Bertz CT molecular complexity index is 254. The number of aromatic amines is 1. The zero-order chi connectivity index (χ0) is 9.68. The molecule has 13 heavy (non-hydrogen) atoms. The Morgan fingerprint density at radius 2 is 2.38 bits per heavy atom. The van der Waals surface area contributed by atoms with Crippen LogP contribution in [0.2, 0.25) is 0 Å². The number of carbonyl (C=O) groups excluding carboxylic acids is 1. The van der Waals surface area contributed by atoms with Crippen molar-refractivity contribution in [2.24, 2.45) is 5.92 Å². The Morgan fingerprint density at radius 1 is 1.62 bits per heavy atom. The van der Waals surface area contributed by atoms with Gasteiger partial charge in [-0.3, -0.25) is 4.79 Å². The van der Waals surface area contributed by atoms with Crippen LogP contribution in [-0.2, 0) is 0 Å². The van der Waals surface area contributed by atoms with Gasteiger partial charge in [0.1, 0.15) is 5.69 Å². The molecule has 1 heterocycles. The fraction of sp³-hybridized carbons (Fsp3) is 0.667. The van der Waals surface area contributed by atoms with Crippen molar-refractivity contribution in [1.29, 1.82) is 0 Å². The van der Waals surface area contributed by atoms with Gasteiger partial charge in [0.05, 0.1) is 6.20 Å². The van der Waals surface area contributed by atoms with Gasteiger partial charge in [0.15, 0.2) is 5.78 Å². The monoisotopic (exact) mass is 181 g/mol. The summed E-state index contributed by atoms with van der Waals surface area (Å²) in [5.41, 5.74) is 0.448. The lowest BCUT2D eigenvalue weighted by molar-refractivity contribution is 0.0973.